The summed E-state index contributed by atoms with van der Waals surface area (Å²) in [5, 5.41) is 1.23. The number of nitrogens with one attached hydrogen (secondary N) is 1. The lowest BCUT2D eigenvalue weighted by Crippen LogP contribution is -1.85. The summed E-state index contributed by atoms with van der Waals surface area (Å²) in [4.78, 5) is 3.20. The second-order valence-corrected chi connectivity index (χ2v) is 4.19. The lowest BCUT2D eigenvalue weighted by atomic mass is 10.1. The molecular weight excluding hydrogens is 277 g/mol. The van der Waals surface area contributed by atoms with E-state index >= 15 is 0 Å². The summed E-state index contributed by atoms with van der Waals surface area (Å²) in [5.74, 6) is 0.915. The molecule has 0 spiro atoms. The number of aromatic amines is 1. The first-order valence-electron chi connectivity index (χ1n) is 4.03. The number of hydrogen-bond donors (Lipinski definition) is 1. The Morgan fingerprint density at radius 2 is 2.15 bits per heavy atom. The maximum absolute atomic E-state index is 5.29. The van der Waals surface area contributed by atoms with Gasteiger partial charge in [-0.25, -0.2) is 0 Å². The van der Waals surface area contributed by atoms with Crippen molar-refractivity contribution >= 4 is 33.5 Å². The van der Waals surface area contributed by atoms with Crippen LogP contribution in [0.15, 0.2) is 18.3 Å². The maximum Gasteiger partial charge on any atom is 0.143 e. The van der Waals surface area contributed by atoms with Gasteiger partial charge in [0.25, 0.3) is 0 Å². The fourth-order valence-electron chi connectivity index (χ4n) is 1.46. The van der Waals surface area contributed by atoms with Crippen molar-refractivity contribution in [3.63, 3.8) is 0 Å². The summed E-state index contributed by atoms with van der Waals surface area (Å²) in [5.41, 5.74) is 2.30. The van der Waals surface area contributed by atoms with Crippen LogP contribution in [-0.4, -0.2) is 12.1 Å². The highest BCUT2D eigenvalue weighted by atomic mass is 127. The quantitative estimate of drug-likeness (QED) is 0.801. The molecule has 1 aromatic carbocycles. The Morgan fingerprint density at radius 3 is 2.85 bits per heavy atom. The van der Waals surface area contributed by atoms with Crippen LogP contribution in [-0.2, 0) is 0 Å². The Kier molecular flexibility index (Phi) is 2.19. The molecule has 0 aliphatic heterocycles. The van der Waals surface area contributed by atoms with Crippen LogP contribution in [0.3, 0.4) is 0 Å². The molecule has 2 aromatic rings. The van der Waals surface area contributed by atoms with Gasteiger partial charge >= 0.3 is 0 Å². The number of methoxy groups -OCH3 is 1. The second kappa shape index (κ2) is 3.21. The van der Waals surface area contributed by atoms with Crippen molar-refractivity contribution in [3.05, 3.63) is 27.5 Å². The first kappa shape index (κ1) is 8.87. The summed E-state index contributed by atoms with van der Waals surface area (Å²) in [7, 11) is 1.70. The number of ether oxygens (including phenoxy) is 1. The molecule has 2 rings (SSSR count). The third kappa shape index (κ3) is 1.41. The highest BCUT2D eigenvalue weighted by Gasteiger charge is 2.06. The van der Waals surface area contributed by atoms with Gasteiger partial charge in [-0.05, 0) is 47.2 Å². The first-order chi connectivity index (χ1) is 6.22. The fourth-order valence-corrected chi connectivity index (χ4v) is 2.05. The smallest absolute Gasteiger partial charge is 0.143 e. The van der Waals surface area contributed by atoms with Crippen LogP contribution in [0.25, 0.3) is 10.9 Å². The van der Waals surface area contributed by atoms with E-state index in [2.05, 4.69) is 40.6 Å². The molecule has 1 heterocycles. The zero-order valence-corrected chi connectivity index (χ0v) is 9.68. The minimum Gasteiger partial charge on any atom is -0.495 e. The Morgan fingerprint density at radius 1 is 1.38 bits per heavy atom. The monoisotopic (exact) mass is 287 g/mol. The molecular formula is C10H10INO. The number of aromatic nitrogens is 1. The van der Waals surface area contributed by atoms with Gasteiger partial charge in [-0.2, -0.15) is 0 Å². The Bertz CT molecular complexity index is 447. The van der Waals surface area contributed by atoms with Crippen molar-refractivity contribution in [3.8, 4) is 5.75 Å². The molecule has 0 amide bonds. The molecule has 2 nitrogen and oxygen atoms in total. The molecule has 68 valence electrons. The molecule has 3 heteroatoms. The fraction of sp³-hybridized carbons (Fsp3) is 0.200. The van der Waals surface area contributed by atoms with E-state index < -0.39 is 0 Å². The molecule has 1 N–H and O–H groups in total. The van der Waals surface area contributed by atoms with E-state index in [9.17, 15) is 0 Å². The first-order valence-corrected chi connectivity index (χ1v) is 5.11. The molecule has 0 fully saturated rings. The normalized spacial score (nSPS) is 10.7. The molecule has 0 bridgehead atoms. The SMILES string of the molecule is COc1cc(C)cc2c(I)c[nH]c12. The number of halogens is 1. The van der Waals surface area contributed by atoms with Gasteiger partial charge in [0.2, 0.25) is 0 Å². The van der Waals surface area contributed by atoms with E-state index in [0.717, 1.165) is 11.3 Å². The van der Waals surface area contributed by atoms with Gasteiger partial charge in [-0.1, -0.05) is 0 Å². The summed E-state index contributed by atoms with van der Waals surface area (Å²) in [6.07, 6.45) is 1.99. The number of benzene rings is 1. The average molecular weight is 287 g/mol. The summed E-state index contributed by atoms with van der Waals surface area (Å²) in [6.45, 7) is 2.07. The zero-order valence-electron chi connectivity index (χ0n) is 7.52. The van der Waals surface area contributed by atoms with Crippen LogP contribution in [0.5, 0.6) is 5.75 Å². The maximum atomic E-state index is 5.29. The predicted octanol–water partition coefficient (Wildman–Crippen LogP) is 3.09. The van der Waals surface area contributed by atoms with Gasteiger partial charge < -0.3 is 9.72 Å². The predicted molar refractivity (Wildman–Crippen MR) is 62.3 cm³/mol. The molecule has 0 radical (unpaired) electrons. The second-order valence-electron chi connectivity index (χ2n) is 3.03. The molecule has 1 aromatic heterocycles. The number of H-pyrrole nitrogens is 1. The summed E-state index contributed by atoms with van der Waals surface area (Å²) >= 11 is 2.32. The molecule has 0 unspecified atom stereocenters. The lowest BCUT2D eigenvalue weighted by molar-refractivity contribution is 0.418. The van der Waals surface area contributed by atoms with E-state index in [1.54, 1.807) is 7.11 Å². The van der Waals surface area contributed by atoms with Crippen molar-refractivity contribution in [1.82, 2.24) is 4.98 Å². The summed E-state index contributed by atoms with van der Waals surface area (Å²) in [6, 6.07) is 4.20. The Hall–Kier alpha value is -0.710. The average Bonchev–Trinajstić information content (AvgIpc) is 2.47. The highest BCUT2D eigenvalue weighted by molar-refractivity contribution is 14.1. The van der Waals surface area contributed by atoms with Gasteiger partial charge in [0.05, 0.1) is 12.6 Å². The molecule has 0 saturated carbocycles. The highest BCUT2D eigenvalue weighted by Crippen LogP contribution is 2.29. The minimum atomic E-state index is 0.915. The molecule has 0 aliphatic carbocycles. The number of aryl methyl sites for hydroxylation is 1. The van der Waals surface area contributed by atoms with E-state index in [0.29, 0.717) is 0 Å². The van der Waals surface area contributed by atoms with Crippen LogP contribution >= 0.6 is 22.6 Å². The van der Waals surface area contributed by atoms with Crippen LogP contribution < -0.4 is 4.74 Å². The number of fused-ring (bicyclic) bond motifs is 1. The van der Waals surface area contributed by atoms with Crippen molar-refractivity contribution in [2.24, 2.45) is 0 Å². The van der Waals surface area contributed by atoms with E-state index in [1.807, 2.05) is 12.3 Å². The largest absolute Gasteiger partial charge is 0.495 e. The standard InChI is InChI=1S/C10H10INO/c1-6-3-7-8(11)5-12-10(7)9(4-6)13-2/h3-5,12H,1-2H3. The minimum absolute atomic E-state index is 0.915. The topological polar surface area (TPSA) is 25.0 Å². The van der Waals surface area contributed by atoms with Crippen LogP contribution in [0.1, 0.15) is 5.56 Å². The van der Waals surface area contributed by atoms with Gasteiger partial charge in [-0.15, -0.1) is 0 Å². The molecule has 0 aliphatic rings. The van der Waals surface area contributed by atoms with Gasteiger partial charge in [0, 0.05) is 15.2 Å². The van der Waals surface area contributed by atoms with Crippen LogP contribution in [0, 0.1) is 10.5 Å². The van der Waals surface area contributed by atoms with Crippen molar-refractivity contribution in [1.29, 1.82) is 0 Å². The number of hydrogen-bond acceptors (Lipinski definition) is 1. The van der Waals surface area contributed by atoms with Crippen molar-refractivity contribution < 1.29 is 4.74 Å². The van der Waals surface area contributed by atoms with E-state index in [-0.39, 0.29) is 0 Å². The third-order valence-corrected chi connectivity index (χ3v) is 2.96. The van der Waals surface area contributed by atoms with Crippen molar-refractivity contribution in [2.45, 2.75) is 6.92 Å². The van der Waals surface area contributed by atoms with Crippen LogP contribution in [0.2, 0.25) is 0 Å². The Balaban J connectivity index is 2.84. The van der Waals surface area contributed by atoms with E-state index in [1.165, 1.54) is 14.5 Å². The molecule has 0 atom stereocenters. The van der Waals surface area contributed by atoms with Crippen molar-refractivity contribution in [2.75, 3.05) is 7.11 Å². The van der Waals surface area contributed by atoms with E-state index in [4.69, 9.17) is 4.74 Å². The molecule has 13 heavy (non-hydrogen) atoms. The number of rotatable bonds is 1. The van der Waals surface area contributed by atoms with Crippen LogP contribution in [0.4, 0.5) is 0 Å². The zero-order chi connectivity index (χ0) is 9.42. The molecule has 0 saturated heterocycles. The lowest BCUT2D eigenvalue weighted by Gasteiger charge is -2.03. The summed E-state index contributed by atoms with van der Waals surface area (Å²) < 4.78 is 6.52. The van der Waals surface area contributed by atoms with Gasteiger partial charge in [-0.3, -0.25) is 0 Å². The third-order valence-electron chi connectivity index (χ3n) is 2.07. The Labute approximate surface area is 90.4 Å². The van der Waals surface area contributed by atoms with Gasteiger partial charge in [0.15, 0.2) is 0 Å². The van der Waals surface area contributed by atoms with Gasteiger partial charge in [0.1, 0.15) is 5.75 Å².